The van der Waals surface area contributed by atoms with Gasteiger partial charge in [-0.25, -0.2) is 13.1 Å². The predicted octanol–water partition coefficient (Wildman–Crippen LogP) is 2.49. The standard InChI is InChI=1S/C20H21N3O3S/c1-2-27(25,26)22-20(24)15-8-7-14-11-19-17-6-4-3-5-16(17)13-21-9-10-23(19)18(14)12-15/h3-8,11-12,21H,2,9-10,13H2,1H3,(H,22,24). The van der Waals surface area contributed by atoms with E-state index in [0.29, 0.717) is 5.56 Å². The highest BCUT2D eigenvalue weighted by Crippen LogP contribution is 2.32. The molecule has 0 unspecified atom stereocenters. The second-order valence-electron chi connectivity index (χ2n) is 6.62. The molecule has 0 aliphatic carbocycles. The molecule has 0 radical (unpaired) electrons. The molecular weight excluding hydrogens is 362 g/mol. The van der Waals surface area contributed by atoms with Gasteiger partial charge in [-0.3, -0.25) is 4.79 Å². The zero-order chi connectivity index (χ0) is 19.0. The molecule has 0 saturated carbocycles. The summed E-state index contributed by atoms with van der Waals surface area (Å²) < 4.78 is 27.7. The molecule has 1 aromatic heterocycles. The molecule has 1 aliphatic rings. The lowest BCUT2D eigenvalue weighted by Crippen LogP contribution is -2.31. The number of amides is 1. The predicted molar refractivity (Wildman–Crippen MR) is 106 cm³/mol. The monoisotopic (exact) mass is 383 g/mol. The van der Waals surface area contributed by atoms with Gasteiger partial charge in [-0.1, -0.05) is 30.3 Å². The summed E-state index contributed by atoms with van der Waals surface area (Å²) in [5, 5.41) is 4.46. The average molecular weight is 383 g/mol. The fraction of sp³-hybridized carbons (Fsp3) is 0.250. The van der Waals surface area contributed by atoms with Crippen molar-refractivity contribution in [3.63, 3.8) is 0 Å². The first-order valence-corrected chi connectivity index (χ1v) is 10.6. The molecule has 27 heavy (non-hydrogen) atoms. The van der Waals surface area contributed by atoms with Crippen LogP contribution in [0.1, 0.15) is 22.8 Å². The van der Waals surface area contributed by atoms with Crippen LogP contribution in [0.15, 0.2) is 48.5 Å². The Hall–Kier alpha value is -2.64. The van der Waals surface area contributed by atoms with E-state index in [4.69, 9.17) is 0 Å². The number of nitrogens with one attached hydrogen (secondary N) is 2. The number of hydrogen-bond donors (Lipinski definition) is 2. The van der Waals surface area contributed by atoms with Crippen LogP contribution in [0.5, 0.6) is 0 Å². The van der Waals surface area contributed by atoms with Crippen LogP contribution in [-0.2, 0) is 23.1 Å². The van der Waals surface area contributed by atoms with E-state index in [1.54, 1.807) is 12.1 Å². The highest BCUT2D eigenvalue weighted by molar-refractivity contribution is 7.90. The molecule has 2 heterocycles. The maximum atomic E-state index is 12.4. The number of rotatable bonds is 3. The van der Waals surface area contributed by atoms with Crippen LogP contribution in [0.2, 0.25) is 0 Å². The van der Waals surface area contributed by atoms with E-state index >= 15 is 0 Å². The van der Waals surface area contributed by atoms with E-state index < -0.39 is 15.9 Å². The molecule has 6 nitrogen and oxygen atoms in total. The summed E-state index contributed by atoms with van der Waals surface area (Å²) in [7, 11) is -3.59. The SMILES string of the molecule is CCS(=O)(=O)NC(=O)c1ccc2cc3n(c2c1)CCNCc1ccccc1-3. The van der Waals surface area contributed by atoms with Crippen LogP contribution < -0.4 is 10.0 Å². The summed E-state index contributed by atoms with van der Waals surface area (Å²) in [5.41, 5.74) is 4.77. The summed E-state index contributed by atoms with van der Waals surface area (Å²) in [6.45, 7) is 3.90. The van der Waals surface area contributed by atoms with Crippen molar-refractivity contribution in [2.75, 3.05) is 12.3 Å². The topological polar surface area (TPSA) is 80.2 Å². The van der Waals surface area contributed by atoms with Crippen LogP contribution in [0.3, 0.4) is 0 Å². The van der Waals surface area contributed by atoms with Gasteiger partial charge in [0.1, 0.15) is 0 Å². The number of hydrogen-bond acceptors (Lipinski definition) is 4. The highest BCUT2D eigenvalue weighted by Gasteiger charge is 2.18. The second kappa shape index (κ2) is 6.83. The zero-order valence-corrected chi connectivity index (χ0v) is 15.8. The van der Waals surface area contributed by atoms with Crippen LogP contribution in [0, 0.1) is 0 Å². The number of sulfonamides is 1. The quantitative estimate of drug-likeness (QED) is 0.728. The van der Waals surface area contributed by atoms with Gasteiger partial charge >= 0.3 is 0 Å². The summed E-state index contributed by atoms with van der Waals surface area (Å²) in [4.78, 5) is 12.4. The van der Waals surface area contributed by atoms with Crippen molar-refractivity contribution in [3.05, 3.63) is 59.7 Å². The summed E-state index contributed by atoms with van der Waals surface area (Å²) in [6, 6.07) is 15.7. The third-order valence-electron chi connectivity index (χ3n) is 4.92. The lowest BCUT2D eigenvalue weighted by molar-refractivity contribution is 0.0981. The van der Waals surface area contributed by atoms with E-state index in [2.05, 4.69) is 32.8 Å². The summed E-state index contributed by atoms with van der Waals surface area (Å²) in [6.07, 6.45) is 0. The molecule has 2 N–H and O–H groups in total. The van der Waals surface area contributed by atoms with E-state index in [1.165, 1.54) is 18.1 Å². The molecule has 7 heteroatoms. The van der Waals surface area contributed by atoms with Gasteiger partial charge in [0, 0.05) is 47.4 Å². The Morgan fingerprint density at radius 2 is 2.00 bits per heavy atom. The van der Waals surface area contributed by atoms with Crippen LogP contribution in [-0.4, -0.2) is 31.2 Å². The first kappa shape index (κ1) is 17.8. The maximum absolute atomic E-state index is 12.4. The Bertz CT molecular complexity index is 1130. The van der Waals surface area contributed by atoms with Gasteiger partial charge in [-0.2, -0.15) is 0 Å². The Morgan fingerprint density at radius 3 is 2.81 bits per heavy atom. The minimum Gasteiger partial charge on any atom is -0.339 e. The van der Waals surface area contributed by atoms with Crippen LogP contribution in [0.4, 0.5) is 0 Å². The van der Waals surface area contributed by atoms with Gasteiger partial charge in [0.2, 0.25) is 10.0 Å². The first-order valence-electron chi connectivity index (χ1n) is 8.95. The van der Waals surface area contributed by atoms with Crippen molar-refractivity contribution in [2.24, 2.45) is 0 Å². The van der Waals surface area contributed by atoms with Gasteiger partial charge in [0.25, 0.3) is 5.91 Å². The molecule has 4 rings (SSSR count). The minimum absolute atomic E-state index is 0.135. The van der Waals surface area contributed by atoms with Crippen molar-refractivity contribution in [3.8, 4) is 11.3 Å². The van der Waals surface area contributed by atoms with Crippen molar-refractivity contribution in [2.45, 2.75) is 20.0 Å². The van der Waals surface area contributed by atoms with Crippen molar-refractivity contribution >= 4 is 26.8 Å². The normalized spacial score (nSPS) is 14.1. The Kier molecular flexibility index (Phi) is 4.49. The minimum atomic E-state index is -3.59. The van der Waals surface area contributed by atoms with Crippen molar-refractivity contribution in [1.29, 1.82) is 0 Å². The molecule has 0 fully saturated rings. The molecule has 1 amide bonds. The van der Waals surface area contributed by atoms with Gasteiger partial charge in [0.15, 0.2) is 0 Å². The highest BCUT2D eigenvalue weighted by atomic mass is 32.2. The van der Waals surface area contributed by atoms with Gasteiger partial charge in [-0.05, 0) is 30.7 Å². The van der Waals surface area contributed by atoms with Crippen LogP contribution in [0.25, 0.3) is 22.2 Å². The van der Waals surface area contributed by atoms with E-state index in [9.17, 15) is 13.2 Å². The van der Waals surface area contributed by atoms with Gasteiger partial charge in [-0.15, -0.1) is 0 Å². The number of carbonyl (C=O) groups is 1. The number of carbonyl (C=O) groups excluding carboxylic acids is 1. The Morgan fingerprint density at radius 1 is 1.19 bits per heavy atom. The van der Waals surface area contributed by atoms with E-state index in [1.807, 2.05) is 18.2 Å². The smallest absolute Gasteiger partial charge is 0.264 e. The lowest BCUT2D eigenvalue weighted by atomic mass is 10.0. The summed E-state index contributed by atoms with van der Waals surface area (Å²) in [5.74, 6) is -0.733. The number of aromatic nitrogens is 1. The molecule has 1 aliphatic heterocycles. The largest absolute Gasteiger partial charge is 0.339 e. The number of benzene rings is 2. The lowest BCUT2D eigenvalue weighted by Gasteiger charge is -2.18. The fourth-order valence-corrected chi connectivity index (χ4v) is 4.01. The van der Waals surface area contributed by atoms with Crippen molar-refractivity contribution < 1.29 is 13.2 Å². The molecule has 140 valence electrons. The second-order valence-corrected chi connectivity index (χ2v) is 8.63. The number of nitrogens with zero attached hydrogens (tertiary/aromatic N) is 1. The van der Waals surface area contributed by atoms with E-state index in [-0.39, 0.29) is 5.75 Å². The molecule has 0 bridgehead atoms. The molecule has 2 aromatic carbocycles. The maximum Gasteiger partial charge on any atom is 0.264 e. The molecule has 0 spiro atoms. The Labute approximate surface area is 158 Å². The zero-order valence-electron chi connectivity index (χ0n) is 15.0. The Balaban J connectivity index is 1.83. The average Bonchev–Trinajstić information content (AvgIpc) is 3.00. The molecule has 3 aromatic rings. The molecule has 0 saturated heterocycles. The first-order chi connectivity index (χ1) is 13.0. The van der Waals surface area contributed by atoms with Crippen LogP contribution >= 0.6 is 0 Å². The molecule has 0 atom stereocenters. The van der Waals surface area contributed by atoms with E-state index in [0.717, 1.165) is 36.2 Å². The third kappa shape index (κ3) is 3.36. The third-order valence-corrected chi connectivity index (χ3v) is 6.17. The van der Waals surface area contributed by atoms with Gasteiger partial charge in [0.05, 0.1) is 5.75 Å². The summed E-state index contributed by atoms with van der Waals surface area (Å²) >= 11 is 0. The molecular formula is C20H21N3O3S. The van der Waals surface area contributed by atoms with Gasteiger partial charge < -0.3 is 9.88 Å². The fourth-order valence-electron chi connectivity index (χ4n) is 3.47. The number of fused-ring (bicyclic) bond motifs is 5. The van der Waals surface area contributed by atoms with Crippen molar-refractivity contribution in [1.82, 2.24) is 14.6 Å².